The fourth-order valence-electron chi connectivity index (χ4n) is 12.8. The molecule has 2 aliphatic carbocycles. The van der Waals surface area contributed by atoms with Gasteiger partial charge in [-0.2, -0.15) is 0 Å². The number of rotatable bonds is 5. The van der Waals surface area contributed by atoms with Gasteiger partial charge in [-0.25, -0.2) is 0 Å². The maximum Gasteiger partial charge on any atom is 0.0726 e. The average molecular weight is 886 g/mol. The second kappa shape index (κ2) is 15.0. The lowest BCUT2D eigenvalue weighted by Crippen LogP contribution is -2.26. The Morgan fingerprint density at radius 2 is 0.643 bits per heavy atom. The van der Waals surface area contributed by atoms with Crippen LogP contribution in [0.3, 0.4) is 0 Å². The second-order valence-electron chi connectivity index (χ2n) is 19.1. The lowest BCUT2D eigenvalue weighted by molar-refractivity contribution is 0.794. The molecule has 0 fully saturated rings. The van der Waals surface area contributed by atoms with Crippen LogP contribution < -0.4 is 4.90 Å². The average Bonchev–Trinajstić information content (AvgIpc) is 3.91. The SMILES string of the molecule is c1ccc2c(c1)-c1ccccc1C21c2ccccc2-c2c(N(c3cc(-c4cccc5ccccc45)cc(-c4cccc5ccccc45)c3)c3ccc4c5ccccc5c5ccccc5c4c3)cccc21. The van der Waals surface area contributed by atoms with E-state index < -0.39 is 5.41 Å². The molecule has 0 N–H and O–H groups in total. The zero-order valence-corrected chi connectivity index (χ0v) is 38.3. The summed E-state index contributed by atoms with van der Waals surface area (Å²) in [5.41, 5.74) is 18.1. The summed E-state index contributed by atoms with van der Waals surface area (Å²) >= 11 is 0. The first-order valence-corrected chi connectivity index (χ1v) is 24.4. The number of benzene rings is 13. The van der Waals surface area contributed by atoms with Gasteiger partial charge in [0, 0.05) is 16.9 Å². The minimum atomic E-state index is -0.488. The highest BCUT2D eigenvalue weighted by atomic mass is 15.1. The van der Waals surface area contributed by atoms with Crippen molar-refractivity contribution < 1.29 is 0 Å². The minimum absolute atomic E-state index is 0.488. The predicted octanol–water partition coefficient (Wildman–Crippen LogP) is 18.6. The van der Waals surface area contributed by atoms with Crippen molar-refractivity contribution in [1.29, 1.82) is 0 Å². The van der Waals surface area contributed by atoms with Gasteiger partial charge >= 0.3 is 0 Å². The van der Waals surface area contributed by atoms with E-state index in [1.165, 1.54) is 121 Å². The Bertz CT molecular complexity index is 4140. The Morgan fingerprint density at radius 1 is 0.243 bits per heavy atom. The van der Waals surface area contributed by atoms with Crippen molar-refractivity contribution in [3.8, 4) is 44.5 Å². The molecule has 0 aromatic heterocycles. The lowest BCUT2D eigenvalue weighted by atomic mass is 9.70. The van der Waals surface area contributed by atoms with E-state index in [0.29, 0.717) is 0 Å². The van der Waals surface area contributed by atoms with Crippen molar-refractivity contribution in [1.82, 2.24) is 0 Å². The van der Waals surface area contributed by atoms with Crippen molar-refractivity contribution in [2.45, 2.75) is 5.41 Å². The Labute approximate surface area is 406 Å². The molecule has 0 unspecified atom stereocenters. The summed E-state index contributed by atoms with van der Waals surface area (Å²) in [7, 11) is 0. The summed E-state index contributed by atoms with van der Waals surface area (Å²) in [5, 5.41) is 12.5. The molecular formula is C69H43N. The van der Waals surface area contributed by atoms with Crippen LogP contribution in [0, 0.1) is 0 Å². The van der Waals surface area contributed by atoms with E-state index in [1.807, 2.05) is 0 Å². The summed E-state index contributed by atoms with van der Waals surface area (Å²) in [6, 6.07) is 97.8. The molecule has 0 atom stereocenters. The van der Waals surface area contributed by atoms with Gasteiger partial charge in [-0.05, 0) is 151 Å². The normalized spacial score (nSPS) is 13.0. The maximum absolute atomic E-state index is 2.58. The van der Waals surface area contributed by atoms with Crippen LogP contribution >= 0.6 is 0 Å². The molecular weight excluding hydrogens is 843 g/mol. The summed E-state index contributed by atoms with van der Waals surface area (Å²) in [6.07, 6.45) is 0. The van der Waals surface area contributed by atoms with Crippen molar-refractivity contribution >= 4 is 70.9 Å². The van der Waals surface area contributed by atoms with Crippen LogP contribution in [0.15, 0.2) is 261 Å². The van der Waals surface area contributed by atoms with Crippen molar-refractivity contribution in [3.05, 3.63) is 283 Å². The van der Waals surface area contributed by atoms with Crippen LogP contribution in [0.5, 0.6) is 0 Å². The number of fused-ring (bicyclic) bond motifs is 18. The first-order chi connectivity index (χ1) is 34.7. The van der Waals surface area contributed by atoms with Crippen LogP contribution in [0.2, 0.25) is 0 Å². The molecule has 13 aromatic carbocycles. The van der Waals surface area contributed by atoms with Gasteiger partial charge in [-0.1, -0.05) is 224 Å². The zero-order chi connectivity index (χ0) is 45.9. The van der Waals surface area contributed by atoms with E-state index in [4.69, 9.17) is 0 Å². The third-order valence-electron chi connectivity index (χ3n) is 15.6. The largest absolute Gasteiger partial charge is 0.310 e. The quantitative estimate of drug-likeness (QED) is 0.156. The first-order valence-electron chi connectivity index (χ1n) is 24.4. The van der Waals surface area contributed by atoms with Crippen LogP contribution in [-0.4, -0.2) is 0 Å². The van der Waals surface area contributed by atoms with Crippen LogP contribution in [0.4, 0.5) is 17.1 Å². The Kier molecular flexibility index (Phi) is 8.35. The van der Waals surface area contributed by atoms with E-state index in [1.54, 1.807) is 0 Å². The number of nitrogens with zero attached hydrogens (tertiary/aromatic N) is 1. The molecule has 0 saturated carbocycles. The molecule has 1 heteroatoms. The van der Waals surface area contributed by atoms with Gasteiger partial charge in [0.2, 0.25) is 0 Å². The fourth-order valence-corrected chi connectivity index (χ4v) is 12.8. The summed E-state index contributed by atoms with van der Waals surface area (Å²) in [4.78, 5) is 2.58. The molecule has 70 heavy (non-hydrogen) atoms. The monoisotopic (exact) mass is 885 g/mol. The van der Waals surface area contributed by atoms with E-state index in [9.17, 15) is 0 Å². The summed E-state index contributed by atoms with van der Waals surface area (Å²) in [5.74, 6) is 0. The van der Waals surface area contributed by atoms with Crippen molar-refractivity contribution in [2.75, 3.05) is 4.90 Å². The molecule has 0 heterocycles. The maximum atomic E-state index is 2.58. The highest BCUT2D eigenvalue weighted by Gasteiger charge is 2.52. The topological polar surface area (TPSA) is 3.24 Å². The van der Waals surface area contributed by atoms with Gasteiger partial charge in [0.05, 0.1) is 11.1 Å². The van der Waals surface area contributed by atoms with Crippen LogP contribution in [0.25, 0.3) is 98.4 Å². The number of hydrogen-bond donors (Lipinski definition) is 0. The summed E-state index contributed by atoms with van der Waals surface area (Å²) in [6.45, 7) is 0. The summed E-state index contributed by atoms with van der Waals surface area (Å²) < 4.78 is 0. The highest BCUT2D eigenvalue weighted by Crippen LogP contribution is 2.65. The fraction of sp³-hybridized carbons (Fsp3) is 0.0145. The van der Waals surface area contributed by atoms with Gasteiger partial charge in [0.25, 0.3) is 0 Å². The van der Waals surface area contributed by atoms with E-state index in [-0.39, 0.29) is 0 Å². The molecule has 0 aliphatic heterocycles. The van der Waals surface area contributed by atoms with E-state index >= 15 is 0 Å². The molecule has 0 saturated heterocycles. The second-order valence-corrected chi connectivity index (χ2v) is 19.1. The molecule has 324 valence electrons. The minimum Gasteiger partial charge on any atom is -0.310 e. The molecule has 15 rings (SSSR count). The third kappa shape index (κ3) is 5.43. The molecule has 0 radical (unpaired) electrons. The predicted molar refractivity (Wildman–Crippen MR) is 296 cm³/mol. The van der Waals surface area contributed by atoms with Crippen molar-refractivity contribution in [3.63, 3.8) is 0 Å². The molecule has 1 nitrogen and oxygen atoms in total. The molecule has 1 spiro atoms. The number of anilines is 3. The Hall–Kier alpha value is -9.04. The molecule has 0 amide bonds. The van der Waals surface area contributed by atoms with E-state index in [2.05, 4.69) is 266 Å². The highest BCUT2D eigenvalue weighted by molar-refractivity contribution is 6.26. The smallest absolute Gasteiger partial charge is 0.0726 e. The van der Waals surface area contributed by atoms with Crippen molar-refractivity contribution in [2.24, 2.45) is 0 Å². The van der Waals surface area contributed by atoms with Gasteiger partial charge in [0.1, 0.15) is 0 Å². The number of hydrogen-bond acceptors (Lipinski definition) is 1. The lowest BCUT2D eigenvalue weighted by Gasteiger charge is -2.32. The third-order valence-corrected chi connectivity index (χ3v) is 15.6. The Balaban J connectivity index is 1.08. The van der Waals surface area contributed by atoms with E-state index in [0.717, 1.165) is 17.1 Å². The molecule has 2 aliphatic rings. The standard InChI is InChI=1S/C69H43N/c1-3-22-50-44(18-1)20-15-31-52(50)46-40-47(53-32-16-21-45-19-2-4-23-51(45)53)42-49(41-46)70(48-38-39-58-56-26-6-5-24-54(56)55-25-7-8-27-57(55)62(58)43-48)67-37-17-36-66-68(67)61-30-11-14-35-65(61)69(66)63-33-12-9-28-59(63)60-29-10-13-34-64(60)69/h1-43H. The van der Waals surface area contributed by atoms with Gasteiger partial charge in [-0.15, -0.1) is 0 Å². The van der Waals surface area contributed by atoms with Gasteiger partial charge in [-0.3, -0.25) is 0 Å². The molecule has 0 bridgehead atoms. The van der Waals surface area contributed by atoms with Crippen LogP contribution in [-0.2, 0) is 5.41 Å². The zero-order valence-electron chi connectivity index (χ0n) is 38.3. The van der Waals surface area contributed by atoms with Gasteiger partial charge in [0.15, 0.2) is 0 Å². The molecule has 13 aromatic rings. The van der Waals surface area contributed by atoms with Crippen LogP contribution in [0.1, 0.15) is 22.3 Å². The van der Waals surface area contributed by atoms with Gasteiger partial charge < -0.3 is 4.90 Å². The Morgan fingerprint density at radius 3 is 1.21 bits per heavy atom. The first kappa shape index (κ1) is 39.0.